The van der Waals surface area contributed by atoms with E-state index in [1.165, 1.54) is 19.1 Å². The van der Waals surface area contributed by atoms with Gasteiger partial charge >= 0.3 is 35.7 Å². The highest BCUT2D eigenvalue weighted by Crippen LogP contribution is 2.40. The Morgan fingerprint density at radius 2 is 1.70 bits per heavy atom. The van der Waals surface area contributed by atoms with Crippen LogP contribution in [0.5, 0.6) is 0 Å². The molecule has 40 heavy (non-hydrogen) atoms. The summed E-state index contributed by atoms with van der Waals surface area (Å²) in [5, 5.41) is 0. The normalized spacial score (nSPS) is 14.7. The molecule has 0 aromatic heterocycles. The van der Waals surface area contributed by atoms with Crippen molar-refractivity contribution in [2.75, 3.05) is 13.7 Å². The maximum Gasteiger partial charge on any atom is 0.463 e. The zero-order chi connectivity index (χ0) is 29.4. The predicted molar refractivity (Wildman–Crippen MR) is 140 cm³/mol. The molecular weight excluding hydrogens is 520 g/mol. The summed E-state index contributed by atoms with van der Waals surface area (Å²) in [6.07, 6.45) is 0.226. The number of hydrogen-bond donors (Lipinski definition) is 0. The van der Waals surface area contributed by atoms with E-state index in [2.05, 4.69) is 16.1 Å². The van der Waals surface area contributed by atoms with E-state index in [0.29, 0.717) is 20.9 Å². The number of urea groups is 1. The molecule has 0 spiro atoms. The lowest BCUT2D eigenvalue weighted by Gasteiger charge is -2.39. The molecule has 2 aromatic rings. The third-order valence-corrected chi connectivity index (χ3v) is 5.95. The first-order valence-corrected chi connectivity index (χ1v) is 12.0. The van der Waals surface area contributed by atoms with Gasteiger partial charge in [-0.1, -0.05) is 67.3 Å². The molecule has 12 nitrogen and oxygen atoms in total. The number of rotatable bonds is 8. The quantitative estimate of drug-likeness (QED) is 0.121. The van der Waals surface area contributed by atoms with Gasteiger partial charge in [0.25, 0.3) is 0 Å². The summed E-state index contributed by atoms with van der Waals surface area (Å²) in [6, 6.07) is 12.2. The number of benzene rings is 2. The van der Waals surface area contributed by atoms with Crippen molar-refractivity contribution in [3.63, 3.8) is 0 Å². The van der Waals surface area contributed by atoms with Gasteiger partial charge in [-0.05, 0) is 30.5 Å². The molecule has 1 aliphatic rings. The number of hydrogen-bond acceptors (Lipinski definition) is 8. The SMILES string of the molecule is C=Cc1ccccc1C1C(C(=O)OCC)=C(C)N(C(=O)OCc2ccccc2)C(=O)N1C(=O)C(=[N+]=[N-])C(=O)OC. The number of carbonyl (C=O) groups is 5. The first kappa shape index (κ1) is 29.2. The summed E-state index contributed by atoms with van der Waals surface area (Å²) in [7, 11) is 0.935. The summed E-state index contributed by atoms with van der Waals surface area (Å²) in [5.41, 5.74) is 9.13. The number of esters is 2. The van der Waals surface area contributed by atoms with Crippen molar-refractivity contribution < 1.29 is 43.0 Å². The van der Waals surface area contributed by atoms with E-state index in [1.54, 1.807) is 55.5 Å². The topological polar surface area (TPSA) is 156 Å². The Morgan fingerprint density at radius 3 is 2.30 bits per heavy atom. The molecule has 0 fully saturated rings. The van der Waals surface area contributed by atoms with E-state index in [-0.39, 0.29) is 30.0 Å². The Morgan fingerprint density at radius 1 is 1.05 bits per heavy atom. The Hall–Kier alpha value is -5.35. The fraction of sp³-hybridized carbons (Fsp3) is 0.214. The molecule has 12 heteroatoms. The first-order chi connectivity index (χ1) is 19.2. The van der Waals surface area contributed by atoms with Gasteiger partial charge in [-0.3, -0.25) is 4.79 Å². The van der Waals surface area contributed by atoms with Crippen LogP contribution in [0.3, 0.4) is 0 Å². The van der Waals surface area contributed by atoms with E-state index in [4.69, 9.17) is 9.47 Å². The monoisotopic (exact) mass is 546 g/mol. The average molecular weight is 547 g/mol. The van der Waals surface area contributed by atoms with Gasteiger partial charge in [-0.25, -0.2) is 24.1 Å². The van der Waals surface area contributed by atoms with E-state index in [0.717, 1.165) is 7.11 Å². The smallest absolute Gasteiger partial charge is 0.463 e. The Bertz CT molecular complexity index is 1440. The largest absolute Gasteiger partial charge is 0.463 e. The van der Waals surface area contributed by atoms with Gasteiger partial charge in [0.1, 0.15) is 12.6 Å². The zero-order valence-electron chi connectivity index (χ0n) is 22.0. The highest BCUT2D eigenvalue weighted by molar-refractivity contribution is 6.62. The van der Waals surface area contributed by atoms with Gasteiger partial charge in [0.2, 0.25) is 0 Å². The fourth-order valence-corrected chi connectivity index (χ4v) is 4.10. The van der Waals surface area contributed by atoms with Crippen LogP contribution in [-0.4, -0.2) is 64.0 Å². The summed E-state index contributed by atoms with van der Waals surface area (Å²) >= 11 is 0. The molecule has 1 unspecified atom stereocenters. The van der Waals surface area contributed by atoms with E-state index < -0.39 is 41.7 Å². The van der Waals surface area contributed by atoms with Crippen molar-refractivity contribution in [1.82, 2.24) is 9.80 Å². The molecular formula is C28H26N4O8. The number of nitrogens with zero attached hydrogens (tertiary/aromatic N) is 4. The lowest BCUT2D eigenvalue weighted by molar-refractivity contribution is -0.142. The van der Waals surface area contributed by atoms with Crippen LogP contribution in [0.25, 0.3) is 11.6 Å². The van der Waals surface area contributed by atoms with Gasteiger partial charge in [0, 0.05) is 5.70 Å². The van der Waals surface area contributed by atoms with Gasteiger partial charge < -0.3 is 19.7 Å². The molecule has 2 aromatic carbocycles. The molecule has 1 atom stereocenters. The van der Waals surface area contributed by atoms with Crippen molar-refractivity contribution in [3.8, 4) is 0 Å². The number of carbonyl (C=O) groups excluding carboxylic acids is 5. The van der Waals surface area contributed by atoms with Gasteiger partial charge in [0.15, 0.2) is 0 Å². The molecule has 3 rings (SSSR count). The van der Waals surface area contributed by atoms with Crippen LogP contribution in [0.4, 0.5) is 9.59 Å². The first-order valence-electron chi connectivity index (χ1n) is 12.0. The molecule has 0 aliphatic carbocycles. The molecule has 1 heterocycles. The van der Waals surface area contributed by atoms with Gasteiger partial charge in [-0.2, -0.15) is 9.69 Å². The van der Waals surface area contributed by atoms with Crippen LogP contribution in [0.15, 0.2) is 72.4 Å². The minimum atomic E-state index is -1.52. The second kappa shape index (κ2) is 12.9. The maximum atomic E-state index is 13.9. The van der Waals surface area contributed by atoms with Crippen LogP contribution in [-0.2, 0) is 35.2 Å². The molecule has 0 radical (unpaired) electrons. The average Bonchev–Trinajstić information content (AvgIpc) is 2.96. The lowest BCUT2D eigenvalue weighted by atomic mass is 9.89. The van der Waals surface area contributed by atoms with Crippen LogP contribution in [0.2, 0.25) is 0 Å². The summed E-state index contributed by atoms with van der Waals surface area (Å²) in [6.45, 7) is 6.32. The highest BCUT2D eigenvalue weighted by Gasteiger charge is 2.52. The van der Waals surface area contributed by atoms with Crippen LogP contribution < -0.4 is 0 Å². The standard InChI is InChI=1S/C28H26N4O8/c1-5-19-14-10-11-15-20(19)23-21(25(34)39-6-2)17(3)31(28(37)40-16-18-12-8-7-9-13-18)27(36)32(23)24(33)22(30-29)26(35)38-4/h5,7-15,23H,1,6,16H2,2-4H3. The third-order valence-electron chi connectivity index (χ3n) is 5.95. The number of methoxy groups -OCH3 is 1. The van der Waals surface area contributed by atoms with Crippen molar-refractivity contribution in [2.24, 2.45) is 0 Å². The van der Waals surface area contributed by atoms with Crippen molar-refractivity contribution >= 4 is 41.8 Å². The Kier molecular flexibility index (Phi) is 9.45. The second-order valence-corrected chi connectivity index (χ2v) is 8.23. The molecule has 0 bridgehead atoms. The number of ether oxygens (including phenoxy) is 3. The van der Waals surface area contributed by atoms with Crippen LogP contribution >= 0.6 is 0 Å². The van der Waals surface area contributed by atoms with E-state index in [9.17, 15) is 29.5 Å². The number of allylic oxidation sites excluding steroid dienone is 1. The molecule has 0 N–H and O–H groups in total. The van der Waals surface area contributed by atoms with Crippen LogP contribution in [0.1, 0.15) is 36.6 Å². The van der Waals surface area contributed by atoms with Gasteiger partial charge in [0.05, 0.1) is 19.3 Å². The van der Waals surface area contributed by atoms with Crippen molar-refractivity contribution in [1.29, 1.82) is 0 Å². The molecule has 206 valence electrons. The third kappa shape index (κ3) is 5.71. The summed E-state index contributed by atoms with van der Waals surface area (Å²) < 4.78 is 15.1. The lowest BCUT2D eigenvalue weighted by Crippen LogP contribution is -2.57. The molecule has 4 amide bonds. The highest BCUT2D eigenvalue weighted by atomic mass is 16.6. The Balaban J connectivity index is 2.27. The minimum Gasteiger partial charge on any atom is -0.463 e. The summed E-state index contributed by atoms with van der Waals surface area (Å²) in [5.74, 6) is -3.76. The molecule has 1 aliphatic heterocycles. The van der Waals surface area contributed by atoms with Crippen LogP contribution in [0, 0.1) is 0 Å². The fourth-order valence-electron chi connectivity index (χ4n) is 4.10. The Labute approximate surface area is 229 Å². The number of amides is 4. The zero-order valence-corrected chi connectivity index (χ0v) is 22.0. The molecule has 0 saturated carbocycles. The number of imide groups is 2. The summed E-state index contributed by atoms with van der Waals surface area (Å²) in [4.78, 5) is 70.0. The predicted octanol–water partition coefficient (Wildman–Crippen LogP) is 3.65. The van der Waals surface area contributed by atoms with E-state index >= 15 is 0 Å². The molecule has 0 saturated heterocycles. The second-order valence-electron chi connectivity index (χ2n) is 8.23. The van der Waals surface area contributed by atoms with E-state index in [1.807, 2.05) is 0 Å². The maximum absolute atomic E-state index is 13.9. The van der Waals surface area contributed by atoms with Crippen molar-refractivity contribution in [3.05, 3.63) is 94.7 Å². The van der Waals surface area contributed by atoms with Gasteiger partial charge in [-0.15, -0.1) is 0 Å². The van der Waals surface area contributed by atoms with Crippen molar-refractivity contribution in [2.45, 2.75) is 26.5 Å². The minimum absolute atomic E-state index is 0.0721.